The van der Waals surface area contributed by atoms with Gasteiger partial charge in [-0.05, 0) is 29.7 Å². The molecule has 0 aliphatic heterocycles. The molecule has 5 heteroatoms. The Morgan fingerprint density at radius 1 is 0.958 bits per heavy atom. The number of amides is 1. The number of benzene rings is 2. The third kappa shape index (κ3) is 5.59. The van der Waals surface area contributed by atoms with Crippen molar-refractivity contribution in [2.75, 3.05) is 27.3 Å². The summed E-state index contributed by atoms with van der Waals surface area (Å²) in [5, 5.41) is 6.04. The van der Waals surface area contributed by atoms with Gasteiger partial charge in [0.2, 0.25) is 5.91 Å². The Balaban J connectivity index is 1.69. The summed E-state index contributed by atoms with van der Waals surface area (Å²) in [6, 6.07) is 15.8. The number of nitrogens with one attached hydrogen (secondary N) is 2. The van der Waals surface area contributed by atoms with E-state index >= 15 is 0 Å². The predicted molar refractivity (Wildman–Crippen MR) is 94.4 cm³/mol. The normalized spacial score (nSPS) is 10.2. The van der Waals surface area contributed by atoms with Gasteiger partial charge in [0.15, 0.2) is 11.5 Å². The molecule has 2 N–H and O–H groups in total. The Bertz CT molecular complexity index is 644. The average molecular weight is 328 g/mol. The van der Waals surface area contributed by atoms with E-state index in [1.54, 1.807) is 14.2 Å². The Kier molecular flexibility index (Phi) is 7.11. The van der Waals surface area contributed by atoms with Crippen molar-refractivity contribution < 1.29 is 14.3 Å². The van der Waals surface area contributed by atoms with Crippen LogP contribution in [0.15, 0.2) is 48.5 Å². The van der Waals surface area contributed by atoms with E-state index in [0.717, 1.165) is 17.5 Å². The first-order chi connectivity index (χ1) is 11.7. The maximum atomic E-state index is 11.8. The minimum atomic E-state index is -0.00796. The number of hydrogen-bond donors (Lipinski definition) is 2. The first-order valence-electron chi connectivity index (χ1n) is 7.95. The molecule has 0 bridgehead atoms. The molecule has 0 aromatic heterocycles. The molecular formula is C19H24N2O3. The smallest absolute Gasteiger partial charge is 0.233 e. The zero-order chi connectivity index (χ0) is 17.2. The van der Waals surface area contributed by atoms with Crippen LogP contribution >= 0.6 is 0 Å². The Hall–Kier alpha value is -2.53. The second-order valence-corrected chi connectivity index (χ2v) is 5.38. The summed E-state index contributed by atoms with van der Waals surface area (Å²) in [5.74, 6) is 1.40. The van der Waals surface area contributed by atoms with Gasteiger partial charge in [-0.2, -0.15) is 0 Å². The molecule has 0 atom stereocenters. The third-order valence-corrected chi connectivity index (χ3v) is 3.64. The van der Waals surface area contributed by atoms with Crippen molar-refractivity contribution in [3.05, 3.63) is 59.7 Å². The Morgan fingerprint density at radius 3 is 2.42 bits per heavy atom. The van der Waals surface area contributed by atoms with Crippen LogP contribution in [-0.4, -0.2) is 33.2 Å². The maximum Gasteiger partial charge on any atom is 0.233 e. The van der Waals surface area contributed by atoms with Crippen molar-refractivity contribution in [3.8, 4) is 11.5 Å². The largest absolute Gasteiger partial charge is 0.493 e. The van der Waals surface area contributed by atoms with E-state index in [-0.39, 0.29) is 5.91 Å². The number of hydrogen-bond acceptors (Lipinski definition) is 4. The number of rotatable bonds is 9. The molecule has 128 valence electrons. The van der Waals surface area contributed by atoms with Crippen molar-refractivity contribution >= 4 is 5.91 Å². The van der Waals surface area contributed by atoms with E-state index in [4.69, 9.17) is 9.47 Å². The lowest BCUT2D eigenvalue weighted by Crippen LogP contribution is -2.34. The molecule has 0 saturated heterocycles. The van der Waals surface area contributed by atoms with E-state index < -0.39 is 0 Å². The monoisotopic (exact) mass is 328 g/mol. The van der Waals surface area contributed by atoms with Crippen LogP contribution in [0.5, 0.6) is 11.5 Å². The number of carbonyl (C=O) groups excluding carboxylic acids is 1. The van der Waals surface area contributed by atoms with Crippen LogP contribution in [0.4, 0.5) is 0 Å². The molecule has 2 aromatic rings. The fraction of sp³-hybridized carbons (Fsp3) is 0.316. The second kappa shape index (κ2) is 9.57. The zero-order valence-corrected chi connectivity index (χ0v) is 14.2. The minimum absolute atomic E-state index is 0.00796. The number of carbonyl (C=O) groups is 1. The number of methoxy groups -OCH3 is 2. The molecule has 0 fully saturated rings. The van der Waals surface area contributed by atoms with Crippen LogP contribution in [0.1, 0.15) is 11.1 Å². The molecule has 1 amide bonds. The second-order valence-electron chi connectivity index (χ2n) is 5.38. The summed E-state index contributed by atoms with van der Waals surface area (Å²) in [6.07, 6.45) is 0.741. The van der Waals surface area contributed by atoms with Crippen molar-refractivity contribution in [3.63, 3.8) is 0 Å². The fourth-order valence-electron chi connectivity index (χ4n) is 2.36. The fourth-order valence-corrected chi connectivity index (χ4v) is 2.36. The van der Waals surface area contributed by atoms with Crippen LogP contribution in [0.3, 0.4) is 0 Å². The van der Waals surface area contributed by atoms with Crippen LogP contribution in [0.25, 0.3) is 0 Å². The SMILES string of the molecule is COc1ccc(CCNC(=O)CNCc2ccccc2)cc1OC. The summed E-state index contributed by atoms with van der Waals surface area (Å²) in [7, 11) is 3.22. The molecule has 0 spiro atoms. The minimum Gasteiger partial charge on any atom is -0.493 e. The van der Waals surface area contributed by atoms with Gasteiger partial charge in [0.05, 0.1) is 20.8 Å². The highest BCUT2D eigenvalue weighted by atomic mass is 16.5. The molecule has 0 unspecified atom stereocenters. The summed E-state index contributed by atoms with van der Waals surface area (Å²) in [6.45, 7) is 1.58. The highest BCUT2D eigenvalue weighted by Gasteiger charge is 2.05. The standard InChI is InChI=1S/C19H24N2O3/c1-23-17-9-8-15(12-18(17)24-2)10-11-21-19(22)14-20-13-16-6-4-3-5-7-16/h3-9,12,20H,10-11,13-14H2,1-2H3,(H,21,22). The zero-order valence-electron chi connectivity index (χ0n) is 14.2. The molecule has 2 rings (SSSR count). The lowest BCUT2D eigenvalue weighted by molar-refractivity contribution is -0.120. The highest BCUT2D eigenvalue weighted by molar-refractivity contribution is 5.77. The maximum absolute atomic E-state index is 11.8. The average Bonchev–Trinajstić information content (AvgIpc) is 2.62. The summed E-state index contributed by atoms with van der Waals surface area (Å²) >= 11 is 0. The first kappa shape index (κ1) is 17.8. The Morgan fingerprint density at radius 2 is 1.71 bits per heavy atom. The quantitative estimate of drug-likeness (QED) is 0.740. The molecule has 0 saturated carbocycles. The number of ether oxygens (including phenoxy) is 2. The van der Waals surface area contributed by atoms with Crippen molar-refractivity contribution in [1.29, 1.82) is 0 Å². The van der Waals surface area contributed by atoms with Gasteiger partial charge in [-0.25, -0.2) is 0 Å². The molecule has 0 radical (unpaired) electrons. The molecule has 0 aliphatic rings. The third-order valence-electron chi connectivity index (χ3n) is 3.64. The van der Waals surface area contributed by atoms with Gasteiger partial charge >= 0.3 is 0 Å². The predicted octanol–water partition coefficient (Wildman–Crippen LogP) is 2.15. The van der Waals surface area contributed by atoms with E-state index in [9.17, 15) is 4.79 Å². The van der Waals surface area contributed by atoms with Crippen molar-refractivity contribution in [2.45, 2.75) is 13.0 Å². The summed E-state index contributed by atoms with van der Waals surface area (Å²) in [5.41, 5.74) is 2.25. The molecular weight excluding hydrogens is 304 g/mol. The summed E-state index contributed by atoms with van der Waals surface area (Å²) in [4.78, 5) is 11.8. The lowest BCUT2D eigenvalue weighted by Gasteiger charge is -2.10. The molecule has 0 heterocycles. The van der Waals surface area contributed by atoms with Crippen LogP contribution in [0, 0.1) is 0 Å². The van der Waals surface area contributed by atoms with Gasteiger partial charge in [-0.15, -0.1) is 0 Å². The van der Waals surface area contributed by atoms with E-state index in [0.29, 0.717) is 31.1 Å². The lowest BCUT2D eigenvalue weighted by atomic mass is 10.1. The van der Waals surface area contributed by atoms with Crippen molar-refractivity contribution in [2.24, 2.45) is 0 Å². The van der Waals surface area contributed by atoms with Crippen LogP contribution in [-0.2, 0) is 17.8 Å². The van der Waals surface area contributed by atoms with Gasteiger partial charge in [-0.3, -0.25) is 4.79 Å². The van der Waals surface area contributed by atoms with E-state index in [1.807, 2.05) is 48.5 Å². The van der Waals surface area contributed by atoms with E-state index in [1.165, 1.54) is 0 Å². The van der Waals surface area contributed by atoms with Crippen molar-refractivity contribution in [1.82, 2.24) is 10.6 Å². The molecule has 2 aromatic carbocycles. The van der Waals surface area contributed by atoms with Gasteiger partial charge in [0, 0.05) is 13.1 Å². The first-order valence-corrected chi connectivity index (χ1v) is 7.95. The van der Waals surface area contributed by atoms with Crippen LogP contribution < -0.4 is 20.1 Å². The highest BCUT2D eigenvalue weighted by Crippen LogP contribution is 2.27. The van der Waals surface area contributed by atoms with Gasteiger partial charge in [0.1, 0.15) is 0 Å². The molecule has 5 nitrogen and oxygen atoms in total. The van der Waals surface area contributed by atoms with Gasteiger partial charge in [0.25, 0.3) is 0 Å². The topological polar surface area (TPSA) is 59.6 Å². The summed E-state index contributed by atoms with van der Waals surface area (Å²) < 4.78 is 10.5. The molecule has 0 aliphatic carbocycles. The Labute approximate surface area is 143 Å². The molecule has 24 heavy (non-hydrogen) atoms. The van der Waals surface area contributed by atoms with Gasteiger partial charge < -0.3 is 20.1 Å². The van der Waals surface area contributed by atoms with Gasteiger partial charge in [-0.1, -0.05) is 36.4 Å². The van der Waals surface area contributed by atoms with Crippen LogP contribution in [0.2, 0.25) is 0 Å². The van der Waals surface area contributed by atoms with E-state index in [2.05, 4.69) is 10.6 Å².